The van der Waals surface area contributed by atoms with Crippen molar-refractivity contribution >= 4 is 0 Å². The molecule has 0 aromatic rings. The Bertz CT molecular complexity index is 172. The zero-order chi connectivity index (χ0) is 16.9. The summed E-state index contributed by atoms with van der Waals surface area (Å²) in [7, 11) is 0. The van der Waals surface area contributed by atoms with Crippen LogP contribution >= 0.6 is 0 Å². The van der Waals surface area contributed by atoms with Crippen molar-refractivity contribution in [3.8, 4) is 0 Å². The minimum Gasteiger partial charge on any atom is -0.106 e. The summed E-state index contributed by atoms with van der Waals surface area (Å²) in [6.45, 7) is 30.8. The summed E-state index contributed by atoms with van der Waals surface area (Å²) in [5.41, 5.74) is 4.15. The van der Waals surface area contributed by atoms with Gasteiger partial charge in [-0.05, 0) is 32.3 Å². The Hall–Kier alpha value is -0.780. The van der Waals surface area contributed by atoms with Gasteiger partial charge in [-0.25, -0.2) is 0 Å². The Morgan fingerprint density at radius 1 is 0.737 bits per heavy atom. The van der Waals surface area contributed by atoms with E-state index in [9.17, 15) is 0 Å². The molecule has 118 valence electrons. The van der Waals surface area contributed by atoms with Gasteiger partial charge in [-0.15, -0.1) is 13.2 Å². The molecular weight excluding hydrogens is 228 g/mol. The first-order valence-electron chi connectivity index (χ1n) is 7.89. The van der Waals surface area contributed by atoms with Crippen molar-refractivity contribution < 1.29 is 0 Å². The summed E-state index contributed by atoms with van der Waals surface area (Å²) in [6.07, 6.45) is 3.52. The highest BCUT2D eigenvalue weighted by atomic mass is 14.0. The fraction of sp³-hybridized carbons (Fsp3) is 0.684. The highest BCUT2D eigenvalue weighted by Gasteiger charge is 1.97. The fourth-order valence-corrected chi connectivity index (χ4v) is 1.18. The molecule has 0 N–H and O–H groups in total. The second-order valence-electron chi connectivity index (χ2n) is 3.45. The lowest BCUT2D eigenvalue weighted by Gasteiger charge is -2.07. The van der Waals surface area contributed by atoms with Crippen LogP contribution in [0.4, 0.5) is 0 Å². The predicted molar refractivity (Wildman–Crippen MR) is 98.0 cm³/mol. The zero-order valence-corrected chi connectivity index (χ0v) is 15.7. The SMILES string of the molecule is C=C.C=C(C)/C(CC)=C(\C)CC.CC.CC.CCC. The van der Waals surface area contributed by atoms with Crippen LogP contribution in [-0.4, -0.2) is 0 Å². The summed E-state index contributed by atoms with van der Waals surface area (Å²) < 4.78 is 0. The van der Waals surface area contributed by atoms with Gasteiger partial charge >= 0.3 is 0 Å². The lowest BCUT2D eigenvalue weighted by Crippen LogP contribution is -1.87. The molecule has 0 amide bonds. The van der Waals surface area contributed by atoms with Crippen LogP contribution in [0.3, 0.4) is 0 Å². The van der Waals surface area contributed by atoms with Crippen molar-refractivity contribution in [1.29, 1.82) is 0 Å². The van der Waals surface area contributed by atoms with E-state index in [0.29, 0.717) is 0 Å². The monoisotopic (exact) mass is 270 g/mol. The van der Waals surface area contributed by atoms with Gasteiger partial charge in [0, 0.05) is 0 Å². The van der Waals surface area contributed by atoms with E-state index in [-0.39, 0.29) is 0 Å². The van der Waals surface area contributed by atoms with E-state index in [2.05, 4.69) is 61.3 Å². The van der Waals surface area contributed by atoms with E-state index >= 15 is 0 Å². The van der Waals surface area contributed by atoms with Gasteiger partial charge in [0.1, 0.15) is 0 Å². The molecule has 0 aromatic heterocycles. The van der Waals surface area contributed by atoms with E-state index in [4.69, 9.17) is 0 Å². The average Bonchev–Trinajstić information content (AvgIpc) is 2.46. The maximum atomic E-state index is 3.94. The van der Waals surface area contributed by atoms with Crippen molar-refractivity contribution in [2.45, 2.75) is 88.5 Å². The van der Waals surface area contributed by atoms with E-state index in [1.165, 1.54) is 23.1 Å². The van der Waals surface area contributed by atoms with Crippen LogP contribution in [-0.2, 0) is 0 Å². The standard InChI is InChI=1S/C10H18.C3H8.2C2H6.C2H4/c1-6-9(5)10(7-2)8(3)4;1-3-2;3*1-2/h3,6-7H2,1-2,4-5H3;3H2,1-2H3;2*1-2H3;1-2H2/b10-9+;;;;. The van der Waals surface area contributed by atoms with Crippen LogP contribution in [0, 0.1) is 0 Å². The Morgan fingerprint density at radius 3 is 1.05 bits per heavy atom. The summed E-state index contributed by atoms with van der Waals surface area (Å²) >= 11 is 0. The topological polar surface area (TPSA) is 0 Å². The normalized spacial score (nSPS) is 8.53. The molecule has 0 unspecified atom stereocenters. The first-order chi connectivity index (χ1) is 9.04. The van der Waals surface area contributed by atoms with Crippen LogP contribution in [0.25, 0.3) is 0 Å². The Kier molecular flexibility index (Phi) is 58.6. The second-order valence-corrected chi connectivity index (χ2v) is 3.45. The minimum atomic E-state index is 1.12. The number of hydrogen-bond donors (Lipinski definition) is 0. The van der Waals surface area contributed by atoms with Crippen LogP contribution in [0.5, 0.6) is 0 Å². The maximum absolute atomic E-state index is 3.94. The highest BCUT2D eigenvalue weighted by molar-refractivity contribution is 5.30. The van der Waals surface area contributed by atoms with Gasteiger partial charge in [0.05, 0.1) is 0 Å². The molecule has 0 aromatic carbocycles. The summed E-state index contributed by atoms with van der Waals surface area (Å²) in [5, 5.41) is 0. The third-order valence-electron chi connectivity index (χ3n) is 1.91. The first kappa shape index (κ1) is 30.9. The van der Waals surface area contributed by atoms with Crippen LogP contribution in [0.1, 0.15) is 88.5 Å². The Labute approximate surface area is 125 Å². The molecule has 0 rings (SSSR count). The van der Waals surface area contributed by atoms with Gasteiger partial charge in [0.15, 0.2) is 0 Å². The average molecular weight is 271 g/mol. The minimum absolute atomic E-state index is 1.12. The summed E-state index contributed by atoms with van der Waals surface area (Å²) in [4.78, 5) is 0. The van der Waals surface area contributed by atoms with E-state index in [0.717, 1.165) is 12.8 Å². The first-order valence-corrected chi connectivity index (χ1v) is 7.89. The van der Waals surface area contributed by atoms with Gasteiger partial charge < -0.3 is 0 Å². The number of rotatable bonds is 3. The molecule has 0 nitrogen and oxygen atoms in total. The molecule has 0 radical (unpaired) electrons. The third kappa shape index (κ3) is 31.7. The highest BCUT2D eigenvalue weighted by Crippen LogP contribution is 2.17. The van der Waals surface area contributed by atoms with Crippen molar-refractivity contribution in [1.82, 2.24) is 0 Å². The smallest absolute Gasteiger partial charge is 0.0306 e. The lowest BCUT2D eigenvalue weighted by molar-refractivity contribution is 0.994. The molecule has 0 aliphatic rings. The lowest BCUT2D eigenvalue weighted by atomic mass is 9.99. The summed E-state index contributed by atoms with van der Waals surface area (Å²) in [5.74, 6) is 0. The molecule has 0 saturated carbocycles. The molecule has 0 fully saturated rings. The molecule has 0 spiro atoms. The van der Waals surface area contributed by atoms with E-state index in [1.54, 1.807) is 0 Å². The van der Waals surface area contributed by atoms with Crippen molar-refractivity contribution in [2.75, 3.05) is 0 Å². The quantitative estimate of drug-likeness (QED) is 0.360. The van der Waals surface area contributed by atoms with Crippen molar-refractivity contribution in [2.24, 2.45) is 0 Å². The molecule has 0 heteroatoms. The summed E-state index contributed by atoms with van der Waals surface area (Å²) in [6, 6.07) is 0. The fourth-order valence-electron chi connectivity index (χ4n) is 1.18. The molecule has 0 aliphatic carbocycles. The molecule has 0 aliphatic heterocycles. The van der Waals surface area contributed by atoms with Crippen molar-refractivity contribution in [3.63, 3.8) is 0 Å². The molecule has 19 heavy (non-hydrogen) atoms. The zero-order valence-electron chi connectivity index (χ0n) is 15.7. The number of hydrogen-bond acceptors (Lipinski definition) is 0. The molecular formula is C19H42. The number of allylic oxidation sites excluding steroid dienone is 3. The Balaban J connectivity index is -0.0000000607. The maximum Gasteiger partial charge on any atom is -0.0306 e. The molecule has 0 heterocycles. The van der Waals surface area contributed by atoms with E-state index in [1.807, 2.05) is 27.7 Å². The molecule has 0 bridgehead atoms. The van der Waals surface area contributed by atoms with Gasteiger partial charge in [-0.2, -0.15) is 0 Å². The van der Waals surface area contributed by atoms with Gasteiger partial charge in [-0.3, -0.25) is 0 Å². The van der Waals surface area contributed by atoms with Gasteiger partial charge in [0.25, 0.3) is 0 Å². The Morgan fingerprint density at radius 2 is 1.00 bits per heavy atom. The van der Waals surface area contributed by atoms with Gasteiger partial charge in [-0.1, -0.05) is 79.5 Å². The second kappa shape index (κ2) is 36.0. The molecule has 0 atom stereocenters. The molecule has 0 saturated heterocycles. The van der Waals surface area contributed by atoms with Gasteiger partial charge in [0.2, 0.25) is 0 Å². The predicted octanol–water partition coefficient (Wildman–Crippen LogP) is 7.97. The van der Waals surface area contributed by atoms with Crippen molar-refractivity contribution in [3.05, 3.63) is 36.5 Å². The van der Waals surface area contributed by atoms with Crippen LogP contribution in [0.2, 0.25) is 0 Å². The third-order valence-corrected chi connectivity index (χ3v) is 1.91. The van der Waals surface area contributed by atoms with Crippen LogP contribution < -0.4 is 0 Å². The largest absolute Gasteiger partial charge is 0.106 e. The van der Waals surface area contributed by atoms with Crippen LogP contribution in [0.15, 0.2) is 36.5 Å². The van der Waals surface area contributed by atoms with E-state index < -0.39 is 0 Å².